The smallest absolute Gasteiger partial charge is 0.258 e. The second-order valence-electron chi connectivity index (χ2n) is 10.9. The Morgan fingerprint density at radius 2 is 1.41 bits per heavy atom. The molecule has 3 aromatic rings. The van der Waals surface area contributed by atoms with Crippen LogP contribution in [-0.2, 0) is 11.2 Å². The van der Waals surface area contributed by atoms with E-state index in [1.165, 1.54) is 18.4 Å². The lowest BCUT2D eigenvalue weighted by Crippen LogP contribution is -2.65. The van der Waals surface area contributed by atoms with Crippen LogP contribution in [0.5, 0.6) is 11.5 Å². The molecule has 2 atom stereocenters. The van der Waals surface area contributed by atoms with Crippen molar-refractivity contribution >= 4 is 18.7 Å². The molecule has 1 aliphatic carbocycles. The first-order chi connectivity index (χ1) is 17.9. The molecule has 1 aliphatic rings. The SMILES string of the molecule is COc1ccc(CCO[C@@H]2CCCC[C@@H]2CC(C)(C)[Si](O)(c2ccccc2)c2ccccc2)cc1OC. The fraction of sp³-hybridized carbons (Fsp3) is 0.438. The fourth-order valence-electron chi connectivity index (χ4n) is 6.10. The largest absolute Gasteiger partial charge is 0.493 e. The minimum atomic E-state index is -3.03. The van der Waals surface area contributed by atoms with Crippen LogP contribution in [-0.4, -0.2) is 40.0 Å². The van der Waals surface area contributed by atoms with Crippen molar-refractivity contribution in [2.24, 2.45) is 5.92 Å². The van der Waals surface area contributed by atoms with Crippen molar-refractivity contribution in [3.63, 3.8) is 0 Å². The maximum atomic E-state index is 12.6. The number of methoxy groups -OCH3 is 2. The highest BCUT2D eigenvalue weighted by Gasteiger charge is 2.51. The lowest BCUT2D eigenvalue weighted by Gasteiger charge is -2.45. The Balaban J connectivity index is 1.49. The molecule has 3 aromatic carbocycles. The third-order valence-corrected chi connectivity index (χ3v) is 12.6. The molecule has 0 aromatic heterocycles. The van der Waals surface area contributed by atoms with Gasteiger partial charge in [0, 0.05) is 0 Å². The van der Waals surface area contributed by atoms with Crippen LogP contribution in [0.3, 0.4) is 0 Å². The zero-order chi connectivity index (χ0) is 26.3. The Kier molecular flexibility index (Phi) is 9.11. The molecule has 1 N–H and O–H groups in total. The highest BCUT2D eigenvalue weighted by molar-refractivity contribution is 6.98. The molecule has 0 spiro atoms. The van der Waals surface area contributed by atoms with Crippen molar-refractivity contribution in [3.05, 3.63) is 84.4 Å². The Morgan fingerprint density at radius 1 is 0.811 bits per heavy atom. The van der Waals surface area contributed by atoms with Gasteiger partial charge in [-0.3, -0.25) is 0 Å². The van der Waals surface area contributed by atoms with E-state index in [-0.39, 0.29) is 11.1 Å². The molecule has 37 heavy (non-hydrogen) atoms. The molecule has 4 rings (SSSR count). The number of rotatable bonds is 11. The summed E-state index contributed by atoms with van der Waals surface area (Å²) in [5.74, 6) is 1.93. The summed E-state index contributed by atoms with van der Waals surface area (Å²) >= 11 is 0. The molecule has 1 fully saturated rings. The average Bonchev–Trinajstić information content (AvgIpc) is 2.94. The molecule has 0 saturated heterocycles. The average molecular weight is 519 g/mol. The van der Waals surface area contributed by atoms with Gasteiger partial charge < -0.3 is 19.0 Å². The number of hydrogen-bond acceptors (Lipinski definition) is 4. The predicted molar refractivity (Wildman–Crippen MR) is 154 cm³/mol. The molecule has 4 nitrogen and oxygen atoms in total. The van der Waals surface area contributed by atoms with Crippen LogP contribution in [0.4, 0.5) is 0 Å². The first kappa shape index (κ1) is 27.4. The van der Waals surface area contributed by atoms with E-state index in [0.717, 1.165) is 47.6 Å². The molecule has 198 valence electrons. The van der Waals surface area contributed by atoms with Crippen LogP contribution in [0.2, 0.25) is 5.04 Å². The van der Waals surface area contributed by atoms with E-state index in [0.29, 0.717) is 12.5 Å². The molecule has 0 heterocycles. The summed E-state index contributed by atoms with van der Waals surface area (Å²) in [6, 6.07) is 26.8. The first-order valence-corrected chi connectivity index (χ1v) is 15.5. The van der Waals surface area contributed by atoms with Gasteiger partial charge in [0.2, 0.25) is 0 Å². The van der Waals surface area contributed by atoms with Gasteiger partial charge in [0.05, 0.1) is 26.9 Å². The van der Waals surface area contributed by atoms with Crippen molar-refractivity contribution in [3.8, 4) is 11.5 Å². The van der Waals surface area contributed by atoms with Crippen molar-refractivity contribution < 1.29 is 19.0 Å². The lowest BCUT2D eigenvalue weighted by atomic mass is 9.81. The van der Waals surface area contributed by atoms with E-state index >= 15 is 0 Å². The molecule has 5 heteroatoms. The summed E-state index contributed by atoms with van der Waals surface area (Å²) in [7, 11) is 0.298. The van der Waals surface area contributed by atoms with E-state index in [4.69, 9.17) is 14.2 Å². The van der Waals surface area contributed by atoms with Crippen molar-refractivity contribution in [2.45, 2.75) is 63.5 Å². The maximum Gasteiger partial charge on any atom is 0.258 e. The van der Waals surface area contributed by atoms with Gasteiger partial charge in [-0.25, -0.2) is 0 Å². The van der Waals surface area contributed by atoms with Crippen LogP contribution in [0.15, 0.2) is 78.9 Å². The van der Waals surface area contributed by atoms with Crippen LogP contribution in [0.1, 0.15) is 51.5 Å². The van der Waals surface area contributed by atoms with Gasteiger partial charge in [-0.2, -0.15) is 0 Å². The van der Waals surface area contributed by atoms with Crippen LogP contribution in [0.25, 0.3) is 0 Å². The van der Waals surface area contributed by atoms with E-state index in [1.54, 1.807) is 14.2 Å². The molecule has 0 amide bonds. The molecule has 0 unspecified atom stereocenters. The summed E-state index contributed by atoms with van der Waals surface area (Å²) in [4.78, 5) is 12.6. The normalized spacial score (nSPS) is 18.4. The topological polar surface area (TPSA) is 47.9 Å². The van der Waals surface area contributed by atoms with Gasteiger partial charge in [0.15, 0.2) is 11.5 Å². The van der Waals surface area contributed by atoms with Gasteiger partial charge in [-0.15, -0.1) is 0 Å². The zero-order valence-corrected chi connectivity index (χ0v) is 23.8. The number of ether oxygens (including phenoxy) is 3. The molecular weight excluding hydrogens is 476 g/mol. The highest BCUT2D eigenvalue weighted by atomic mass is 28.4. The Hall–Kier alpha value is -2.60. The summed E-state index contributed by atoms with van der Waals surface area (Å²) in [5.41, 5.74) is 1.18. The molecular formula is C32H42O4Si. The minimum Gasteiger partial charge on any atom is -0.493 e. The van der Waals surface area contributed by atoms with Gasteiger partial charge >= 0.3 is 0 Å². The predicted octanol–water partition coefficient (Wildman–Crippen LogP) is 5.74. The van der Waals surface area contributed by atoms with Gasteiger partial charge in [0.25, 0.3) is 8.32 Å². The van der Waals surface area contributed by atoms with Crippen molar-refractivity contribution in [1.29, 1.82) is 0 Å². The minimum absolute atomic E-state index is 0.220. The van der Waals surface area contributed by atoms with E-state index in [1.807, 2.05) is 48.5 Å². The standard InChI is InChI=1S/C32H42O4Si/c1-32(2,37(33,27-14-7-5-8-15-27)28-16-9-6-10-17-28)24-26-13-11-12-18-29(26)36-22-21-25-19-20-30(34-3)31(23-25)35-4/h5-10,14-17,19-20,23,26,29,33H,11-13,18,21-22,24H2,1-4H3/t26-,29-/m1/s1. The number of benzene rings is 3. The first-order valence-electron chi connectivity index (χ1n) is 13.5. The zero-order valence-electron chi connectivity index (χ0n) is 22.8. The molecule has 0 radical (unpaired) electrons. The van der Waals surface area contributed by atoms with E-state index in [9.17, 15) is 4.80 Å². The highest BCUT2D eigenvalue weighted by Crippen LogP contribution is 2.45. The summed E-state index contributed by atoms with van der Waals surface area (Å²) in [6.45, 7) is 5.22. The maximum absolute atomic E-state index is 12.6. The fourth-order valence-corrected chi connectivity index (χ4v) is 9.90. The Bertz CT molecular complexity index is 1080. The second kappa shape index (κ2) is 12.3. The summed E-state index contributed by atoms with van der Waals surface area (Å²) in [5, 5.41) is 1.89. The van der Waals surface area contributed by atoms with E-state index in [2.05, 4.69) is 44.2 Å². The monoisotopic (exact) mass is 518 g/mol. The summed E-state index contributed by atoms with van der Waals surface area (Å²) in [6.07, 6.45) is 6.67. The van der Waals surface area contributed by atoms with Crippen LogP contribution in [0, 0.1) is 5.92 Å². The van der Waals surface area contributed by atoms with Crippen molar-refractivity contribution in [2.75, 3.05) is 20.8 Å². The molecule has 1 saturated carbocycles. The summed E-state index contributed by atoms with van der Waals surface area (Å²) < 4.78 is 17.4. The van der Waals surface area contributed by atoms with Crippen LogP contribution >= 0.6 is 0 Å². The Labute approximate surface area is 223 Å². The lowest BCUT2D eigenvalue weighted by molar-refractivity contribution is -0.0155. The second-order valence-corrected chi connectivity index (χ2v) is 14.9. The molecule has 0 bridgehead atoms. The third-order valence-electron chi connectivity index (χ3n) is 8.15. The van der Waals surface area contributed by atoms with E-state index < -0.39 is 8.32 Å². The van der Waals surface area contributed by atoms with Gasteiger partial charge in [-0.1, -0.05) is 93.4 Å². The van der Waals surface area contributed by atoms with Crippen LogP contribution < -0.4 is 19.8 Å². The molecule has 0 aliphatic heterocycles. The van der Waals surface area contributed by atoms with Crippen molar-refractivity contribution in [1.82, 2.24) is 0 Å². The van der Waals surface area contributed by atoms with Gasteiger partial charge in [-0.05, 0) is 64.7 Å². The quantitative estimate of drug-likeness (QED) is 0.329. The van der Waals surface area contributed by atoms with Gasteiger partial charge in [0.1, 0.15) is 0 Å². The third kappa shape index (κ3) is 6.11. The number of hydrogen-bond donors (Lipinski definition) is 1. The Morgan fingerprint density at radius 3 is 2.00 bits per heavy atom.